The topological polar surface area (TPSA) is 69.4 Å². The van der Waals surface area contributed by atoms with E-state index in [9.17, 15) is 9.59 Å². The molecule has 4 nitrogen and oxygen atoms in total. The normalized spacial score (nSPS) is 47.1. The molecule has 0 aliphatic heterocycles. The van der Waals surface area contributed by atoms with Crippen molar-refractivity contribution in [3.63, 3.8) is 0 Å². The molecule has 4 heteroatoms. The van der Waals surface area contributed by atoms with Crippen LogP contribution in [0.1, 0.15) is 104 Å². The van der Waals surface area contributed by atoms with E-state index < -0.39 is 5.41 Å². The van der Waals surface area contributed by atoms with Crippen LogP contribution in [0.5, 0.6) is 0 Å². The maximum atomic E-state index is 14.3. The van der Waals surface area contributed by atoms with Gasteiger partial charge in [0.2, 0.25) is 0 Å². The maximum absolute atomic E-state index is 14.3. The van der Waals surface area contributed by atoms with Crippen molar-refractivity contribution >= 4 is 11.8 Å². The van der Waals surface area contributed by atoms with Gasteiger partial charge in [0.1, 0.15) is 6.61 Å². The fourth-order valence-corrected chi connectivity index (χ4v) is 10.4. The number of hydrogen-bond donors (Lipinski definition) is 1. The molecule has 1 aromatic carbocycles. The number of hydrogen-bond acceptors (Lipinski definition) is 4. The Kier molecular flexibility index (Phi) is 6.31. The van der Waals surface area contributed by atoms with Gasteiger partial charge in [-0.25, -0.2) is 0 Å². The Labute approximate surface area is 235 Å². The summed E-state index contributed by atoms with van der Waals surface area (Å²) in [5.41, 5.74) is 8.38. The van der Waals surface area contributed by atoms with Crippen molar-refractivity contribution in [2.24, 2.45) is 50.6 Å². The maximum Gasteiger partial charge on any atom is 0.312 e. The number of nitrogens with two attached hydrogens (primary N) is 1. The number of allylic oxidation sites excluding steroid dienone is 2. The molecule has 6 rings (SSSR count). The lowest BCUT2D eigenvalue weighted by atomic mass is 9.35. The van der Waals surface area contributed by atoms with Gasteiger partial charge in [-0.2, -0.15) is 0 Å². The number of rotatable bonds is 3. The Hall–Kier alpha value is -1.94. The molecule has 9 atom stereocenters. The third-order valence-electron chi connectivity index (χ3n) is 13.4. The first-order chi connectivity index (χ1) is 18.3. The molecule has 4 saturated carbocycles. The molecule has 0 amide bonds. The minimum Gasteiger partial charge on any atom is -0.460 e. The standard InChI is InChI=1S/C35H49NO3/c1-31-15-16-32(2,30(38)39-22-23-9-7-6-8-10-23)21-27(31)26-20-28(37)29-33(3)13-12-25(36)19-24(33)11-14-35(29,5)34(26,4)18-17-31/h6-10,20,24-25,27,29H,11-19,21-22,36H2,1-5H3/t24-,25-,27?,29+,31+,32-,33-,34+,35+/m0/s1. The van der Waals surface area contributed by atoms with Gasteiger partial charge in [-0.1, -0.05) is 63.6 Å². The van der Waals surface area contributed by atoms with Crippen molar-refractivity contribution in [1.29, 1.82) is 0 Å². The molecule has 212 valence electrons. The van der Waals surface area contributed by atoms with E-state index >= 15 is 0 Å². The Bertz CT molecular complexity index is 1190. The third-order valence-corrected chi connectivity index (χ3v) is 13.4. The van der Waals surface area contributed by atoms with E-state index in [1.165, 1.54) is 18.4 Å². The number of carbonyl (C=O) groups excluding carboxylic acids is 2. The van der Waals surface area contributed by atoms with Crippen molar-refractivity contribution in [1.82, 2.24) is 0 Å². The highest BCUT2D eigenvalue weighted by atomic mass is 16.5. The second kappa shape index (κ2) is 9.03. The number of ketones is 1. The zero-order chi connectivity index (χ0) is 27.8. The van der Waals surface area contributed by atoms with Crippen molar-refractivity contribution in [3.8, 4) is 0 Å². The highest BCUT2D eigenvalue weighted by molar-refractivity contribution is 5.95. The van der Waals surface area contributed by atoms with Crippen LogP contribution in [-0.4, -0.2) is 17.8 Å². The highest BCUT2D eigenvalue weighted by Gasteiger charge is 2.68. The van der Waals surface area contributed by atoms with E-state index in [2.05, 4.69) is 40.7 Å². The lowest BCUT2D eigenvalue weighted by molar-refractivity contribution is -0.174. The molecule has 0 bridgehead atoms. The Morgan fingerprint density at radius 1 is 0.949 bits per heavy atom. The van der Waals surface area contributed by atoms with Crippen molar-refractivity contribution in [3.05, 3.63) is 47.5 Å². The van der Waals surface area contributed by atoms with Crippen molar-refractivity contribution in [2.45, 2.75) is 111 Å². The van der Waals surface area contributed by atoms with Crippen LogP contribution >= 0.6 is 0 Å². The Morgan fingerprint density at radius 2 is 1.67 bits per heavy atom. The molecule has 0 radical (unpaired) electrons. The molecular formula is C35H49NO3. The average molecular weight is 532 g/mol. The van der Waals surface area contributed by atoms with E-state index in [0.717, 1.165) is 56.9 Å². The second-order valence-electron chi connectivity index (χ2n) is 15.5. The summed E-state index contributed by atoms with van der Waals surface area (Å²) >= 11 is 0. The van der Waals surface area contributed by atoms with Gasteiger partial charge in [0.25, 0.3) is 0 Å². The summed E-state index contributed by atoms with van der Waals surface area (Å²) in [6, 6.07) is 10.2. The van der Waals surface area contributed by atoms with Gasteiger partial charge >= 0.3 is 5.97 Å². The van der Waals surface area contributed by atoms with Gasteiger partial charge < -0.3 is 10.5 Å². The van der Waals surface area contributed by atoms with Gasteiger partial charge in [0.05, 0.1) is 5.41 Å². The summed E-state index contributed by atoms with van der Waals surface area (Å²) in [6.45, 7) is 12.2. The molecule has 0 saturated heterocycles. The summed E-state index contributed by atoms with van der Waals surface area (Å²) in [6.07, 6.45) is 12.5. The zero-order valence-electron chi connectivity index (χ0n) is 24.9. The summed E-state index contributed by atoms with van der Waals surface area (Å²) in [5.74, 6) is 1.13. The van der Waals surface area contributed by atoms with E-state index in [1.807, 2.05) is 30.3 Å². The lowest BCUT2D eigenvalue weighted by Crippen LogP contribution is -2.64. The van der Waals surface area contributed by atoms with Crippen LogP contribution in [0.15, 0.2) is 42.0 Å². The predicted molar refractivity (Wildman–Crippen MR) is 154 cm³/mol. The fraction of sp³-hybridized carbons (Fsp3) is 0.714. The summed E-state index contributed by atoms with van der Waals surface area (Å²) in [5, 5.41) is 0. The van der Waals surface area contributed by atoms with Crippen LogP contribution in [0.3, 0.4) is 0 Å². The van der Waals surface area contributed by atoms with Gasteiger partial charge in [0, 0.05) is 12.0 Å². The van der Waals surface area contributed by atoms with Gasteiger partial charge in [-0.3, -0.25) is 9.59 Å². The lowest BCUT2D eigenvalue weighted by Gasteiger charge is -2.69. The van der Waals surface area contributed by atoms with Crippen molar-refractivity contribution in [2.75, 3.05) is 0 Å². The molecule has 5 aliphatic carbocycles. The number of benzene rings is 1. The van der Waals surface area contributed by atoms with E-state index in [1.54, 1.807) is 0 Å². The third kappa shape index (κ3) is 3.94. The largest absolute Gasteiger partial charge is 0.460 e. The summed E-state index contributed by atoms with van der Waals surface area (Å²) in [7, 11) is 0. The molecule has 1 aromatic rings. The first-order valence-corrected chi connectivity index (χ1v) is 15.6. The fourth-order valence-electron chi connectivity index (χ4n) is 10.4. The van der Waals surface area contributed by atoms with Gasteiger partial charge in [-0.05, 0) is 116 Å². The van der Waals surface area contributed by atoms with Gasteiger partial charge in [0.15, 0.2) is 5.78 Å². The molecule has 0 spiro atoms. The number of esters is 1. The molecule has 5 aliphatic rings. The monoisotopic (exact) mass is 531 g/mol. The first-order valence-electron chi connectivity index (χ1n) is 15.6. The molecule has 2 N–H and O–H groups in total. The SMILES string of the molecule is C[C@]1(C(=O)OCc2ccccc2)CC[C@]2(C)CC[C@]3(C)C(=CC(=O)[C@@H]4[C@@]5(C)CC[C@H](N)C[C@@H]5CC[C@]43C)C2C1. The van der Waals surface area contributed by atoms with Crippen LogP contribution in [0.4, 0.5) is 0 Å². The molecular weight excluding hydrogens is 482 g/mol. The van der Waals surface area contributed by atoms with E-state index in [4.69, 9.17) is 10.5 Å². The predicted octanol–water partition coefficient (Wildman–Crippen LogP) is 7.40. The van der Waals surface area contributed by atoms with E-state index in [0.29, 0.717) is 18.3 Å². The molecule has 4 fully saturated rings. The average Bonchev–Trinajstić information content (AvgIpc) is 2.90. The minimum atomic E-state index is -0.526. The van der Waals surface area contributed by atoms with Crippen LogP contribution in [-0.2, 0) is 20.9 Å². The quantitative estimate of drug-likeness (QED) is 0.413. The van der Waals surface area contributed by atoms with Crippen LogP contribution < -0.4 is 5.73 Å². The molecule has 0 aromatic heterocycles. The number of ether oxygens (including phenoxy) is 1. The van der Waals surface area contributed by atoms with E-state index in [-0.39, 0.29) is 45.5 Å². The van der Waals surface area contributed by atoms with Crippen LogP contribution in [0.25, 0.3) is 0 Å². The Balaban J connectivity index is 1.32. The summed E-state index contributed by atoms with van der Waals surface area (Å²) in [4.78, 5) is 27.9. The zero-order valence-corrected chi connectivity index (χ0v) is 24.9. The molecule has 1 unspecified atom stereocenters. The minimum absolute atomic E-state index is 0.0184. The summed E-state index contributed by atoms with van der Waals surface area (Å²) < 4.78 is 5.92. The van der Waals surface area contributed by atoms with Crippen LogP contribution in [0.2, 0.25) is 0 Å². The van der Waals surface area contributed by atoms with Crippen molar-refractivity contribution < 1.29 is 14.3 Å². The highest BCUT2D eigenvalue weighted by Crippen LogP contribution is 2.73. The van der Waals surface area contributed by atoms with Crippen LogP contribution in [0, 0.1) is 44.8 Å². The molecule has 0 heterocycles. The number of fused-ring (bicyclic) bond motifs is 7. The van der Waals surface area contributed by atoms with Gasteiger partial charge in [-0.15, -0.1) is 0 Å². The molecule has 39 heavy (non-hydrogen) atoms. The Morgan fingerprint density at radius 3 is 2.41 bits per heavy atom. The first kappa shape index (κ1) is 27.2. The smallest absolute Gasteiger partial charge is 0.312 e. The number of carbonyl (C=O) groups is 2. The second-order valence-corrected chi connectivity index (χ2v) is 15.5.